The topological polar surface area (TPSA) is 89.9 Å². The van der Waals surface area contributed by atoms with Crippen LogP contribution in [0.5, 0.6) is 0 Å². The lowest BCUT2D eigenvalue weighted by atomic mass is 10.2. The first-order valence-corrected chi connectivity index (χ1v) is 7.34. The quantitative estimate of drug-likeness (QED) is 0.575. The van der Waals surface area contributed by atoms with Crippen LogP contribution in [0.2, 0.25) is 0 Å². The number of carbonyl (C=O) groups is 2. The Bertz CT molecular complexity index is 257. The molecule has 0 aromatic carbocycles. The van der Waals surface area contributed by atoms with E-state index in [0.29, 0.717) is 18.7 Å². The second-order valence-electron chi connectivity index (χ2n) is 3.83. The molecule has 0 saturated carbocycles. The van der Waals surface area contributed by atoms with Crippen LogP contribution in [0.4, 0.5) is 4.79 Å². The zero-order valence-electron chi connectivity index (χ0n) is 10.9. The molecule has 0 spiro atoms. The van der Waals surface area contributed by atoms with E-state index in [1.54, 1.807) is 0 Å². The Hall–Kier alpha value is -0.950. The molecule has 0 aliphatic heterocycles. The van der Waals surface area contributed by atoms with Gasteiger partial charge in [0.1, 0.15) is 6.04 Å². The normalized spacial score (nSPS) is 11.9. The lowest BCUT2D eigenvalue weighted by molar-refractivity contribution is -0.139. The summed E-state index contributed by atoms with van der Waals surface area (Å²) in [6.45, 7) is 2.51. The van der Waals surface area contributed by atoms with Crippen LogP contribution in [-0.2, 0) is 4.79 Å². The second-order valence-corrected chi connectivity index (χ2v) is 4.82. The highest BCUT2D eigenvalue weighted by Gasteiger charge is 2.22. The summed E-state index contributed by atoms with van der Waals surface area (Å²) in [4.78, 5) is 24.2. The number of aliphatic hydroxyl groups is 1. The standard InChI is InChI=1S/C11H22N2O4S/c1-3-5-13(6-7-14)11(17)12-9(10(15)16)4-8-18-2/h9,14H,3-8H2,1-2H3,(H,12,17)(H,15,16)/t9-/m1/s1. The van der Waals surface area contributed by atoms with E-state index in [-0.39, 0.29) is 13.2 Å². The lowest BCUT2D eigenvalue weighted by Gasteiger charge is -2.24. The Morgan fingerprint density at radius 2 is 2.06 bits per heavy atom. The predicted octanol–water partition coefficient (Wildman–Crippen LogP) is 0.607. The molecule has 18 heavy (non-hydrogen) atoms. The van der Waals surface area contributed by atoms with Gasteiger partial charge >= 0.3 is 12.0 Å². The van der Waals surface area contributed by atoms with Gasteiger partial charge in [0.15, 0.2) is 0 Å². The van der Waals surface area contributed by atoms with Gasteiger partial charge in [-0.3, -0.25) is 0 Å². The van der Waals surface area contributed by atoms with Gasteiger partial charge in [-0.05, 0) is 24.9 Å². The third kappa shape index (κ3) is 6.70. The van der Waals surface area contributed by atoms with Crippen molar-refractivity contribution in [2.24, 2.45) is 0 Å². The summed E-state index contributed by atoms with van der Waals surface area (Å²) in [5, 5.41) is 20.3. The Labute approximate surface area is 112 Å². The maximum absolute atomic E-state index is 11.8. The van der Waals surface area contributed by atoms with Gasteiger partial charge in [-0.1, -0.05) is 6.92 Å². The molecule has 0 bridgehead atoms. The van der Waals surface area contributed by atoms with E-state index in [9.17, 15) is 9.59 Å². The molecule has 106 valence electrons. The summed E-state index contributed by atoms with van der Waals surface area (Å²) in [7, 11) is 0. The van der Waals surface area contributed by atoms with Gasteiger partial charge in [0.2, 0.25) is 0 Å². The highest BCUT2D eigenvalue weighted by atomic mass is 32.2. The number of carboxylic acids is 1. The maximum Gasteiger partial charge on any atom is 0.326 e. The summed E-state index contributed by atoms with van der Waals surface area (Å²) in [5.74, 6) is -0.358. The number of thioether (sulfide) groups is 1. The molecule has 0 aromatic rings. The monoisotopic (exact) mass is 278 g/mol. The fraction of sp³-hybridized carbons (Fsp3) is 0.818. The molecule has 0 rings (SSSR count). The predicted molar refractivity (Wildman–Crippen MR) is 71.9 cm³/mol. The minimum Gasteiger partial charge on any atom is -0.480 e. The zero-order chi connectivity index (χ0) is 14.0. The number of nitrogens with one attached hydrogen (secondary N) is 1. The van der Waals surface area contributed by atoms with Gasteiger partial charge in [-0.15, -0.1) is 0 Å². The summed E-state index contributed by atoms with van der Waals surface area (Å²) in [6, 6.07) is -1.30. The number of amides is 2. The van der Waals surface area contributed by atoms with Crippen molar-refractivity contribution in [3.63, 3.8) is 0 Å². The van der Waals surface area contributed by atoms with Crippen molar-refractivity contribution in [3.8, 4) is 0 Å². The molecule has 0 aliphatic carbocycles. The number of aliphatic hydroxyl groups excluding tert-OH is 1. The molecule has 0 heterocycles. The number of hydrogen-bond acceptors (Lipinski definition) is 4. The van der Waals surface area contributed by atoms with E-state index in [4.69, 9.17) is 10.2 Å². The van der Waals surface area contributed by atoms with Crippen LogP contribution in [0.1, 0.15) is 19.8 Å². The van der Waals surface area contributed by atoms with E-state index >= 15 is 0 Å². The van der Waals surface area contributed by atoms with E-state index in [1.807, 2.05) is 13.2 Å². The van der Waals surface area contributed by atoms with Crippen molar-refractivity contribution in [2.75, 3.05) is 31.7 Å². The molecule has 0 unspecified atom stereocenters. The first-order valence-electron chi connectivity index (χ1n) is 5.94. The first-order chi connectivity index (χ1) is 8.56. The number of nitrogens with zero attached hydrogens (tertiary/aromatic N) is 1. The molecule has 0 aromatic heterocycles. The molecule has 3 N–H and O–H groups in total. The summed E-state index contributed by atoms with van der Waals surface area (Å²) >= 11 is 1.54. The first kappa shape index (κ1) is 17.1. The average molecular weight is 278 g/mol. The van der Waals surface area contributed by atoms with Crippen LogP contribution in [0.15, 0.2) is 0 Å². The van der Waals surface area contributed by atoms with Gasteiger partial charge in [-0.2, -0.15) is 11.8 Å². The molecule has 1 atom stereocenters. The van der Waals surface area contributed by atoms with Gasteiger partial charge in [0.05, 0.1) is 6.61 Å². The molecule has 2 amide bonds. The molecule has 6 nitrogen and oxygen atoms in total. The average Bonchev–Trinajstić information content (AvgIpc) is 2.33. The van der Waals surface area contributed by atoms with Crippen molar-refractivity contribution in [1.29, 1.82) is 0 Å². The SMILES string of the molecule is CCCN(CCO)C(=O)N[C@H](CCSC)C(=O)O. The molecule has 0 saturated heterocycles. The number of carboxylic acid groups (broad SMARTS) is 1. The molecule has 0 aliphatic rings. The van der Waals surface area contributed by atoms with Crippen molar-refractivity contribution < 1.29 is 19.8 Å². The Balaban J connectivity index is 4.39. The van der Waals surface area contributed by atoms with Crippen LogP contribution < -0.4 is 5.32 Å². The lowest BCUT2D eigenvalue weighted by Crippen LogP contribution is -2.49. The van der Waals surface area contributed by atoms with Gasteiger partial charge < -0.3 is 20.4 Å². The van der Waals surface area contributed by atoms with Gasteiger partial charge in [0, 0.05) is 13.1 Å². The molecule has 0 radical (unpaired) electrons. The summed E-state index contributed by atoms with van der Waals surface area (Å²) < 4.78 is 0. The Kier molecular flexibility index (Phi) is 9.49. The molecule has 7 heteroatoms. The molecular formula is C11H22N2O4S. The third-order valence-electron chi connectivity index (χ3n) is 2.36. The number of carbonyl (C=O) groups excluding carboxylic acids is 1. The van der Waals surface area contributed by atoms with E-state index in [2.05, 4.69) is 5.32 Å². The van der Waals surface area contributed by atoms with E-state index in [1.165, 1.54) is 16.7 Å². The van der Waals surface area contributed by atoms with Crippen LogP contribution in [-0.4, -0.2) is 64.9 Å². The third-order valence-corrected chi connectivity index (χ3v) is 3.00. The zero-order valence-corrected chi connectivity index (χ0v) is 11.7. The number of urea groups is 1. The highest BCUT2D eigenvalue weighted by molar-refractivity contribution is 7.98. The second kappa shape index (κ2) is 10.0. The Morgan fingerprint density at radius 3 is 2.50 bits per heavy atom. The smallest absolute Gasteiger partial charge is 0.326 e. The maximum atomic E-state index is 11.8. The van der Waals surface area contributed by atoms with Gasteiger partial charge in [-0.25, -0.2) is 9.59 Å². The molecule has 0 fully saturated rings. The number of hydrogen-bond donors (Lipinski definition) is 3. The summed E-state index contributed by atoms with van der Waals surface area (Å²) in [6.07, 6.45) is 3.03. The highest BCUT2D eigenvalue weighted by Crippen LogP contribution is 2.02. The Morgan fingerprint density at radius 1 is 1.39 bits per heavy atom. The van der Waals surface area contributed by atoms with Crippen molar-refractivity contribution in [1.82, 2.24) is 10.2 Å². The fourth-order valence-corrected chi connectivity index (χ4v) is 1.91. The number of rotatable bonds is 9. The minimum absolute atomic E-state index is 0.129. The number of aliphatic carboxylic acids is 1. The van der Waals surface area contributed by atoms with E-state index < -0.39 is 18.0 Å². The van der Waals surface area contributed by atoms with Crippen LogP contribution in [0, 0.1) is 0 Å². The summed E-state index contributed by atoms with van der Waals surface area (Å²) in [5.41, 5.74) is 0. The fourth-order valence-electron chi connectivity index (χ4n) is 1.44. The minimum atomic E-state index is -1.03. The van der Waals surface area contributed by atoms with E-state index in [0.717, 1.165) is 6.42 Å². The van der Waals surface area contributed by atoms with Crippen molar-refractivity contribution >= 4 is 23.8 Å². The van der Waals surface area contributed by atoms with Crippen molar-refractivity contribution in [3.05, 3.63) is 0 Å². The van der Waals surface area contributed by atoms with Crippen LogP contribution in [0.25, 0.3) is 0 Å². The van der Waals surface area contributed by atoms with Crippen molar-refractivity contribution in [2.45, 2.75) is 25.8 Å². The van der Waals surface area contributed by atoms with Crippen LogP contribution >= 0.6 is 11.8 Å². The largest absolute Gasteiger partial charge is 0.480 e. The molecular weight excluding hydrogens is 256 g/mol. The van der Waals surface area contributed by atoms with Crippen LogP contribution in [0.3, 0.4) is 0 Å². The van der Waals surface area contributed by atoms with Gasteiger partial charge in [0.25, 0.3) is 0 Å².